The Labute approximate surface area is 153 Å². The molecule has 0 heterocycles. The average Bonchev–Trinajstić information content (AvgIpc) is 2.55. The Kier molecular flexibility index (Phi) is 8.28. The zero-order chi connectivity index (χ0) is 19.0. The molecule has 138 valence electrons. The average molecular weight is 370 g/mol. The fourth-order valence-corrected chi connectivity index (χ4v) is 1.97. The van der Waals surface area contributed by atoms with Crippen LogP contribution in [0.1, 0.15) is 19.4 Å². The van der Waals surface area contributed by atoms with Gasteiger partial charge >= 0.3 is 5.97 Å². The largest absolute Gasteiger partial charge is 0.493 e. The van der Waals surface area contributed by atoms with Crippen molar-refractivity contribution in [2.45, 2.75) is 13.8 Å². The number of esters is 1. The van der Waals surface area contributed by atoms with Crippen LogP contribution in [-0.4, -0.2) is 51.2 Å². The summed E-state index contributed by atoms with van der Waals surface area (Å²) in [6, 6.07) is 3.37. The van der Waals surface area contributed by atoms with Crippen molar-refractivity contribution < 1.29 is 23.8 Å². The summed E-state index contributed by atoms with van der Waals surface area (Å²) >= 11 is 6.24. The van der Waals surface area contributed by atoms with Crippen molar-refractivity contribution in [3.05, 3.63) is 28.8 Å². The molecule has 1 aromatic rings. The fraction of sp³-hybridized carbons (Fsp3) is 0.444. The molecule has 1 amide bonds. The summed E-state index contributed by atoms with van der Waals surface area (Å²) in [4.78, 5) is 24.4. The smallest absolute Gasteiger partial charge is 0.331 e. The molecule has 0 bridgehead atoms. The lowest BCUT2D eigenvalue weighted by atomic mass is 10.2. The van der Waals surface area contributed by atoms with E-state index in [0.29, 0.717) is 34.6 Å². The number of hydrogen-bond donors (Lipinski definition) is 0. The van der Waals surface area contributed by atoms with Gasteiger partial charge in [-0.15, -0.1) is 0 Å². The van der Waals surface area contributed by atoms with Gasteiger partial charge in [-0.05, 0) is 29.7 Å². The van der Waals surface area contributed by atoms with Gasteiger partial charge < -0.3 is 19.1 Å². The maximum absolute atomic E-state index is 11.7. The molecule has 1 aromatic carbocycles. The van der Waals surface area contributed by atoms with Crippen molar-refractivity contribution in [2.24, 2.45) is 5.92 Å². The third-order valence-corrected chi connectivity index (χ3v) is 3.34. The first-order chi connectivity index (χ1) is 11.7. The Bertz CT molecular complexity index is 641. The van der Waals surface area contributed by atoms with E-state index in [9.17, 15) is 9.59 Å². The standard InChI is InChI=1S/C18H24ClNO5/c1-12(2)10-25-18-14(19)8-13(9-15(18)23-5)6-7-17(22)24-11-16(21)20(3)4/h6-9,12H,10-11H2,1-5H3/b7-6+. The number of carbonyl (C=O) groups is 2. The molecule has 6 nitrogen and oxygen atoms in total. The number of methoxy groups -OCH3 is 1. The number of halogens is 1. The van der Waals surface area contributed by atoms with E-state index in [2.05, 4.69) is 0 Å². The van der Waals surface area contributed by atoms with Crippen molar-refractivity contribution in [1.29, 1.82) is 0 Å². The van der Waals surface area contributed by atoms with Gasteiger partial charge in [-0.25, -0.2) is 4.79 Å². The summed E-state index contributed by atoms with van der Waals surface area (Å²) in [5.41, 5.74) is 0.648. The molecule has 0 N–H and O–H groups in total. The zero-order valence-corrected chi connectivity index (χ0v) is 15.9. The van der Waals surface area contributed by atoms with Gasteiger partial charge in [0.2, 0.25) is 0 Å². The highest BCUT2D eigenvalue weighted by Crippen LogP contribution is 2.37. The fourth-order valence-electron chi connectivity index (χ4n) is 1.70. The molecule has 0 aliphatic heterocycles. The van der Waals surface area contributed by atoms with Crippen LogP contribution in [0.2, 0.25) is 5.02 Å². The molecular formula is C18H24ClNO5. The SMILES string of the molecule is COc1cc(/C=C/C(=O)OCC(=O)N(C)C)cc(Cl)c1OCC(C)C. The molecule has 0 saturated carbocycles. The van der Waals surface area contributed by atoms with Crippen molar-refractivity contribution >= 4 is 29.6 Å². The zero-order valence-electron chi connectivity index (χ0n) is 15.2. The Balaban J connectivity index is 2.80. The minimum Gasteiger partial charge on any atom is -0.493 e. The normalized spacial score (nSPS) is 10.8. The van der Waals surface area contributed by atoms with E-state index < -0.39 is 5.97 Å². The van der Waals surface area contributed by atoms with Crippen LogP contribution in [0.4, 0.5) is 0 Å². The van der Waals surface area contributed by atoms with Crippen molar-refractivity contribution in [1.82, 2.24) is 4.90 Å². The van der Waals surface area contributed by atoms with E-state index in [1.165, 1.54) is 24.2 Å². The number of nitrogens with zero attached hydrogens (tertiary/aromatic N) is 1. The number of amides is 1. The van der Waals surface area contributed by atoms with Crippen LogP contribution < -0.4 is 9.47 Å². The summed E-state index contributed by atoms with van der Waals surface area (Å²) in [6.07, 6.45) is 2.76. The summed E-state index contributed by atoms with van der Waals surface area (Å²) in [7, 11) is 4.69. The van der Waals surface area contributed by atoms with Crippen LogP contribution in [0.15, 0.2) is 18.2 Å². The van der Waals surface area contributed by atoms with E-state index in [1.807, 2.05) is 13.8 Å². The summed E-state index contributed by atoms with van der Waals surface area (Å²) in [5, 5.41) is 0.385. The highest BCUT2D eigenvalue weighted by molar-refractivity contribution is 6.32. The molecule has 0 aliphatic carbocycles. The quantitative estimate of drug-likeness (QED) is 0.520. The van der Waals surface area contributed by atoms with Gasteiger partial charge in [0.1, 0.15) is 0 Å². The van der Waals surface area contributed by atoms with Crippen LogP contribution in [0.5, 0.6) is 11.5 Å². The number of ether oxygens (including phenoxy) is 3. The maximum Gasteiger partial charge on any atom is 0.331 e. The van der Waals surface area contributed by atoms with Crippen LogP contribution in [0.25, 0.3) is 6.08 Å². The lowest BCUT2D eigenvalue weighted by molar-refractivity contribution is -0.146. The second-order valence-electron chi connectivity index (χ2n) is 5.97. The molecule has 0 saturated heterocycles. The molecule has 7 heteroatoms. The lowest BCUT2D eigenvalue weighted by Gasteiger charge is -2.14. The summed E-state index contributed by atoms with van der Waals surface area (Å²) in [5.74, 6) is 0.377. The van der Waals surface area contributed by atoms with Gasteiger partial charge in [0.15, 0.2) is 18.1 Å². The maximum atomic E-state index is 11.7. The Morgan fingerprint density at radius 1 is 1.28 bits per heavy atom. The second kappa shape index (κ2) is 9.93. The van der Waals surface area contributed by atoms with Gasteiger partial charge in [0.05, 0.1) is 18.7 Å². The minimum atomic E-state index is -0.620. The first-order valence-electron chi connectivity index (χ1n) is 7.80. The second-order valence-corrected chi connectivity index (χ2v) is 6.38. The summed E-state index contributed by atoms with van der Waals surface area (Å²) < 4.78 is 15.8. The minimum absolute atomic E-state index is 0.293. The van der Waals surface area contributed by atoms with E-state index in [4.69, 9.17) is 25.8 Å². The van der Waals surface area contributed by atoms with Crippen LogP contribution in [-0.2, 0) is 14.3 Å². The van der Waals surface area contributed by atoms with E-state index in [0.717, 1.165) is 0 Å². The van der Waals surface area contributed by atoms with E-state index in [-0.39, 0.29) is 12.5 Å². The Hall–Kier alpha value is -2.21. The molecule has 25 heavy (non-hydrogen) atoms. The third kappa shape index (κ3) is 7.05. The highest BCUT2D eigenvalue weighted by Gasteiger charge is 2.12. The molecular weight excluding hydrogens is 346 g/mol. The van der Waals surface area contributed by atoms with Gasteiger partial charge in [0, 0.05) is 20.2 Å². The number of rotatable bonds is 8. The first-order valence-corrected chi connectivity index (χ1v) is 8.17. The number of benzene rings is 1. The molecule has 0 aliphatic rings. The van der Waals surface area contributed by atoms with Crippen LogP contribution in [0, 0.1) is 5.92 Å². The molecule has 0 spiro atoms. The number of likely N-dealkylation sites (N-methyl/N-ethyl adjacent to an activating group) is 1. The summed E-state index contributed by atoms with van der Waals surface area (Å²) in [6.45, 7) is 4.27. The molecule has 0 aromatic heterocycles. The first kappa shape index (κ1) is 20.8. The van der Waals surface area contributed by atoms with Gasteiger partial charge in [-0.2, -0.15) is 0 Å². The van der Waals surface area contributed by atoms with Crippen LogP contribution in [0.3, 0.4) is 0 Å². The molecule has 1 rings (SSSR count). The van der Waals surface area contributed by atoms with Crippen molar-refractivity contribution in [3.8, 4) is 11.5 Å². The van der Waals surface area contributed by atoms with Crippen LogP contribution >= 0.6 is 11.6 Å². The van der Waals surface area contributed by atoms with E-state index in [1.54, 1.807) is 26.2 Å². The predicted octanol–water partition coefficient (Wildman–Crippen LogP) is 3.03. The lowest BCUT2D eigenvalue weighted by Crippen LogP contribution is -2.27. The molecule has 0 radical (unpaired) electrons. The molecule has 0 atom stereocenters. The molecule has 0 unspecified atom stereocenters. The third-order valence-electron chi connectivity index (χ3n) is 3.06. The van der Waals surface area contributed by atoms with Crippen molar-refractivity contribution in [3.63, 3.8) is 0 Å². The molecule has 0 fully saturated rings. The monoisotopic (exact) mass is 369 g/mol. The van der Waals surface area contributed by atoms with Gasteiger partial charge in [0.25, 0.3) is 5.91 Å². The topological polar surface area (TPSA) is 65.1 Å². The van der Waals surface area contributed by atoms with Crippen molar-refractivity contribution in [2.75, 3.05) is 34.4 Å². The van der Waals surface area contributed by atoms with Gasteiger partial charge in [-0.1, -0.05) is 25.4 Å². The number of hydrogen-bond acceptors (Lipinski definition) is 5. The Morgan fingerprint density at radius 3 is 2.52 bits per heavy atom. The Morgan fingerprint density at radius 2 is 1.96 bits per heavy atom. The van der Waals surface area contributed by atoms with E-state index >= 15 is 0 Å². The highest BCUT2D eigenvalue weighted by atomic mass is 35.5. The number of carbonyl (C=O) groups excluding carboxylic acids is 2. The predicted molar refractivity (Wildman–Crippen MR) is 97.0 cm³/mol. The van der Waals surface area contributed by atoms with Gasteiger partial charge in [-0.3, -0.25) is 4.79 Å².